The van der Waals surface area contributed by atoms with Crippen molar-refractivity contribution in [2.24, 2.45) is 0 Å². The third-order valence-corrected chi connectivity index (χ3v) is 8.72. The van der Waals surface area contributed by atoms with Crippen LogP contribution in [0.25, 0.3) is 0 Å². The summed E-state index contributed by atoms with van der Waals surface area (Å²) in [4.78, 5) is 28.4. The molecule has 3 rings (SSSR count). The number of rotatable bonds is 12. The van der Waals surface area contributed by atoms with Crippen LogP contribution in [0.2, 0.25) is 5.02 Å². The first-order valence-corrected chi connectivity index (χ1v) is 14.8. The number of hydrogen-bond donors (Lipinski definition) is 1. The third kappa shape index (κ3) is 7.83. The number of nitrogens with one attached hydrogen (secondary N) is 1. The molecule has 7 nitrogen and oxygen atoms in total. The molecule has 0 saturated carbocycles. The zero-order chi connectivity index (χ0) is 28.6. The number of sulfonamides is 1. The molecule has 0 spiro atoms. The number of aryl methyl sites for hydroxylation is 2. The van der Waals surface area contributed by atoms with Crippen molar-refractivity contribution in [2.45, 2.75) is 58.0 Å². The van der Waals surface area contributed by atoms with Gasteiger partial charge in [0.15, 0.2) is 0 Å². The van der Waals surface area contributed by atoms with Gasteiger partial charge in [0.1, 0.15) is 12.6 Å². The van der Waals surface area contributed by atoms with Crippen LogP contribution in [0.4, 0.5) is 5.69 Å². The zero-order valence-electron chi connectivity index (χ0n) is 22.9. The van der Waals surface area contributed by atoms with E-state index in [0.29, 0.717) is 11.6 Å². The first-order chi connectivity index (χ1) is 18.5. The van der Waals surface area contributed by atoms with E-state index in [2.05, 4.69) is 5.32 Å². The Morgan fingerprint density at radius 2 is 1.64 bits per heavy atom. The SMILES string of the molecule is CCCCNC(=O)C(C)N(Cc1ccccc1)C(=O)CN(c1ccc(C)c(Cl)c1)S(=O)(=O)c1ccc(C)cc1. The van der Waals surface area contributed by atoms with Gasteiger partial charge in [-0.05, 0) is 62.6 Å². The maximum absolute atomic E-state index is 13.9. The first-order valence-electron chi connectivity index (χ1n) is 13.0. The van der Waals surface area contributed by atoms with Gasteiger partial charge in [-0.2, -0.15) is 0 Å². The van der Waals surface area contributed by atoms with E-state index < -0.39 is 28.5 Å². The van der Waals surface area contributed by atoms with E-state index in [1.165, 1.54) is 17.0 Å². The van der Waals surface area contributed by atoms with Gasteiger partial charge in [-0.25, -0.2) is 8.42 Å². The van der Waals surface area contributed by atoms with Crippen molar-refractivity contribution in [3.05, 3.63) is 94.5 Å². The van der Waals surface area contributed by atoms with E-state index in [0.717, 1.165) is 33.8 Å². The molecule has 39 heavy (non-hydrogen) atoms. The van der Waals surface area contributed by atoms with Crippen LogP contribution in [-0.4, -0.2) is 44.3 Å². The number of hydrogen-bond acceptors (Lipinski definition) is 4. The molecule has 0 aliphatic heterocycles. The maximum atomic E-state index is 13.9. The quantitative estimate of drug-likeness (QED) is 0.292. The standard InChI is InChI=1S/C30H36ClN3O4S/c1-5-6-18-32-30(36)24(4)33(20-25-10-8-7-9-11-25)29(35)21-34(26-15-14-23(3)28(31)19-26)39(37,38)27-16-12-22(2)13-17-27/h7-17,19,24H,5-6,18,20-21H2,1-4H3,(H,32,36). The number of amides is 2. The van der Waals surface area contributed by atoms with Gasteiger partial charge in [0, 0.05) is 18.1 Å². The number of unbranched alkanes of at least 4 members (excludes halogenated alkanes) is 1. The number of halogens is 1. The summed E-state index contributed by atoms with van der Waals surface area (Å²) in [6.07, 6.45) is 1.74. The number of nitrogens with zero attached hydrogens (tertiary/aromatic N) is 2. The van der Waals surface area contributed by atoms with Gasteiger partial charge in [-0.1, -0.05) is 79.0 Å². The van der Waals surface area contributed by atoms with E-state index in [4.69, 9.17) is 11.6 Å². The molecule has 0 bridgehead atoms. The second kappa shape index (κ2) is 13.6. The molecular weight excluding hydrogens is 534 g/mol. The molecule has 0 saturated heterocycles. The maximum Gasteiger partial charge on any atom is 0.264 e. The Morgan fingerprint density at radius 1 is 0.974 bits per heavy atom. The molecular formula is C30H36ClN3O4S. The van der Waals surface area contributed by atoms with Gasteiger partial charge in [-0.3, -0.25) is 13.9 Å². The largest absolute Gasteiger partial charge is 0.354 e. The van der Waals surface area contributed by atoms with Crippen LogP contribution in [0, 0.1) is 13.8 Å². The summed E-state index contributed by atoms with van der Waals surface area (Å²) in [7, 11) is -4.14. The van der Waals surface area contributed by atoms with Gasteiger partial charge >= 0.3 is 0 Å². The van der Waals surface area contributed by atoms with Crippen molar-refractivity contribution < 1.29 is 18.0 Å². The normalized spacial score (nSPS) is 12.0. The van der Waals surface area contributed by atoms with Crippen LogP contribution in [0.3, 0.4) is 0 Å². The second-order valence-electron chi connectivity index (χ2n) is 9.59. The molecule has 0 heterocycles. The van der Waals surface area contributed by atoms with Crippen LogP contribution < -0.4 is 9.62 Å². The topological polar surface area (TPSA) is 86.8 Å². The molecule has 3 aromatic rings. The van der Waals surface area contributed by atoms with Gasteiger partial charge in [0.25, 0.3) is 10.0 Å². The number of carbonyl (C=O) groups is 2. The van der Waals surface area contributed by atoms with Crippen molar-refractivity contribution in [3.8, 4) is 0 Å². The lowest BCUT2D eigenvalue weighted by atomic mass is 10.1. The predicted octanol–water partition coefficient (Wildman–Crippen LogP) is 5.49. The van der Waals surface area contributed by atoms with Crippen LogP contribution in [0.15, 0.2) is 77.7 Å². The van der Waals surface area contributed by atoms with Crippen molar-refractivity contribution in [1.29, 1.82) is 0 Å². The summed E-state index contributed by atoms with van der Waals surface area (Å²) in [5.41, 5.74) is 2.78. The molecule has 1 N–H and O–H groups in total. The second-order valence-corrected chi connectivity index (χ2v) is 11.9. The molecule has 208 valence electrons. The van der Waals surface area contributed by atoms with Crippen molar-refractivity contribution in [2.75, 3.05) is 17.4 Å². The summed E-state index contributed by atoms with van der Waals surface area (Å²) >= 11 is 6.36. The average molecular weight is 570 g/mol. The van der Waals surface area contributed by atoms with Crippen molar-refractivity contribution >= 4 is 39.1 Å². The third-order valence-electron chi connectivity index (χ3n) is 6.52. The minimum Gasteiger partial charge on any atom is -0.354 e. The minimum absolute atomic E-state index is 0.0533. The van der Waals surface area contributed by atoms with Crippen LogP contribution in [-0.2, 0) is 26.2 Å². The molecule has 9 heteroatoms. The Balaban J connectivity index is 2.01. The molecule has 0 aromatic heterocycles. The lowest BCUT2D eigenvalue weighted by Gasteiger charge is -2.32. The van der Waals surface area contributed by atoms with E-state index in [9.17, 15) is 18.0 Å². The van der Waals surface area contributed by atoms with Crippen LogP contribution >= 0.6 is 11.6 Å². The Hall–Kier alpha value is -3.36. The minimum atomic E-state index is -4.14. The zero-order valence-corrected chi connectivity index (χ0v) is 24.4. The molecule has 0 aliphatic rings. The monoisotopic (exact) mass is 569 g/mol. The molecule has 0 aliphatic carbocycles. The highest BCUT2D eigenvalue weighted by Crippen LogP contribution is 2.28. The highest BCUT2D eigenvalue weighted by atomic mass is 35.5. The van der Waals surface area contributed by atoms with E-state index in [-0.39, 0.29) is 23.0 Å². The smallest absolute Gasteiger partial charge is 0.264 e. The van der Waals surface area contributed by atoms with Gasteiger partial charge in [0.05, 0.1) is 10.6 Å². The van der Waals surface area contributed by atoms with E-state index >= 15 is 0 Å². The first kappa shape index (κ1) is 30.2. The number of carbonyl (C=O) groups excluding carboxylic acids is 2. The van der Waals surface area contributed by atoms with Crippen molar-refractivity contribution in [3.63, 3.8) is 0 Å². The molecule has 1 unspecified atom stereocenters. The fraction of sp³-hybridized carbons (Fsp3) is 0.333. The average Bonchev–Trinajstić information content (AvgIpc) is 2.92. The van der Waals surface area contributed by atoms with Gasteiger partial charge < -0.3 is 10.2 Å². The van der Waals surface area contributed by atoms with E-state index in [1.54, 1.807) is 37.3 Å². The molecule has 0 fully saturated rings. The molecule has 2 amide bonds. The highest BCUT2D eigenvalue weighted by Gasteiger charge is 2.32. The Kier molecular flexibility index (Phi) is 10.5. The summed E-state index contributed by atoms with van der Waals surface area (Å²) in [5.74, 6) is -0.802. The lowest BCUT2D eigenvalue weighted by Crippen LogP contribution is -2.51. The predicted molar refractivity (Wildman–Crippen MR) is 156 cm³/mol. The van der Waals surface area contributed by atoms with Gasteiger partial charge in [0.2, 0.25) is 11.8 Å². The number of anilines is 1. The Bertz CT molecular complexity index is 1380. The summed E-state index contributed by atoms with van der Waals surface area (Å²) in [5, 5.41) is 3.27. The van der Waals surface area contributed by atoms with Crippen LogP contribution in [0.5, 0.6) is 0 Å². The number of benzene rings is 3. The van der Waals surface area contributed by atoms with Crippen molar-refractivity contribution in [1.82, 2.24) is 10.2 Å². The summed E-state index contributed by atoms with van der Waals surface area (Å²) in [6.45, 7) is 7.51. The van der Waals surface area contributed by atoms with Gasteiger partial charge in [-0.15, -0.1) is 0 Å². The Labute approximate surface area is 236 Å². The molecule has 3 aromatic carbocycles. The fourth-order valence-corrected chi connectivity index (χ4v) is 5.58. The summed E-state index contributed by atoms with van der Waals surface area (Å²) < 4.78 is 28.8. The van der Waals surface area contributed by atoms with Crippen LogP contribution in [0.1, 0.15) is 43.4 Å². The fourth-order valence-electron chi connectivity index (χ4n) is 4.00. The highest BCUT2D eigenvalue weighted by molar-refractivity contribution is 7.92. The molecule has 1 atom stereocenters. The summed E-state index contributed by atoms with van der Waals surface area (Å²) in [6, 6.07) is 19.8. The molecule has 0 radical (unpaired) electrons. The lowest BCUT2D eigenvalue weighted by molar-refractivity contribution is -0.139. The van der Waals surface area contributed by atoms with E-state index in [1.807, 2.05) is 51.1 Å². The Morgan fingerprint density at radius 3 is 2.26 bits per heavy atom.